The number of unbranched alkanes of at least 4 members (excludes halogenated alkanes) is 2. The summed E-state index contributed by atoms with van der Waals surface area (Å²) in [6.07, 6.45) is 6.97. The first-order valence-corrected chi connectivity index (χ1v) is 14.2. The molecule has 0 atom stereocenters. The smallest absolute Gasteiger partial charge is 0.410 e. The van der Waals surface area contributed by atoms with Gasteiger partial charge in [-0.1, -0.05) is 70.4 Å². The number of rotatable bonds is 9. The van der Waals surface area contributed by atoms with Crippen LogP contribution in [0.4, 0.5) is 4.79 Å². The molecule has 0 aromatic heterocycles. The Kier molecular flexibility index (Phi) is 9.22. The molecular formula is C24H41NO3Si. The molecule has 0 saturated carbocycles. The molecule has 29 heavy (non-hydrogen) atoms. The lowest BCUT2D eigenvalue weighted by Crippen LogP contribution is -2.40. The molecule has 5 heteroatoms. The monoisotopic (exact) mass is 419 g/mol. The van der Waals surface area contributed by atoms with Crippen molar-refractivity contribution in [1.82, 2.24) is 4.90 Å². The molecule has 4 nitrogen and oxygen atoms in total. The lowest BCUT2D eigenvalue weighted by Gasteiger charge is -2.36. The van der Waals surface area contributed by atoms with Crippen molar-refractivity contribution in [1.29, 1.82) is 0 Å². The fraction of sp³-hybridized carbons (Fsp3) is 0.708. The first kappa shape index (κ1) is 23.9. The van der Waals surface area contributed by atoms with Crippen molar-refractivity contribution >= 4 is 14.4 Å². The number of hydrogen-bond acceptors (Lipinski definition) is 3. The molecule has 0 bridgehead atoms. The highest BCUT2D eigenvalue weighted by Gasteiger charge is 2.36. The van der Waals surface area contributed by atoms with E-state index in [1.54, 1.807) is 0 Å². The van der Waals surface area contributed by atoms with Crippen LogP contribution in [-0.4, -0.2) is 39.0 Å². The lowest BCUT2D eigenvalue weighted by molar-refractivity contribution is 0.0812. The maximum absolute atomic E-state index is 12.3. The van der Waals surface area contributed by atoms with Crippen molar-refractivity contribution in [3.05, 3.63) is 35.9 Å². The second-order valence-electron chi connectivity index (χ2n) is 9.93. The Labute approximate surface area is 179 Å². The molecule has 0 N–H and O–H groups in total. The third-order valence-corrected chi connectivity index (χ3v) is 11.1. The van der Waals surface area contributed by atoms with E-state index in [-0.39, 0.29) is 6.09 Å². The molecule has 1 aromatic carbocycles. The van der Waals surface area contributed by atoms with Gasteiger partial charge < -0.3 is 14.1 Å². The second kappa shape index (κ2) is 11.2. The summed E-state index contributed by atoms with van der Waals surface area (Å²) in [6.45, 7) is 14.4. The second-order valence-corrected chi connectivity index (χ2v) is 14.7. The van der Waals surface area contributed by atoms with Crippen molar-refractivity contribution in [2.75, 3.05) is 19.7 Å². The van der Waals surface area contributed by atoms with E-state index in [1.165, 1.54) is 19.3 Å². The molecule has 0 radical (unpaired) electrons. The van der Waals surface area contributed by atoms with Crippen molar-refractivity contribution in [2.45, 2.75) is 84.0 Å². The molecule has 2 rings (SSSR count). The Bertz CT molecular complexity index is 604. The summed E-state index contributed by atoms with van der Waals surface area (Å²) in [5, 5.41) is 0.295. The van der Waals surface area contributed by atoms with Gasteiger partial charge in [0.05, 0.1) is 0 Å². The van der Waals surface area contributed by atoms with Gasteiger partial charge in [-0.3, -0.25) is 0 Å². The summed E-state index contributed by atoms with van der Waals surface area (Å²) in [5.41, 5.74) is 1.04. The fourth-order valence-corrected chi connectivity index (χ4v) is 4.56. The van der Waals surface area contributed by atoms with E-state index in [0.717, 1.165) is 50.4 Å². The molecule has 0 aliphatic carbocycles. The van der Waals surface area contributed by atoms with Gasteiger partial charge in [0.15, 0.2) is 8.32 Å². The number of hydrogen-bond donors (Lipinski definition) is 0. The topological polar surface area (TPSA) is 38.8 Å². The van der Waals surface area contributed by atoms with Gasteiger partial charge in [0.25, 0.3) is 0 Å². The van der Waals surface area contributed by atoms with Gasteiger partial charge in [-0.05, 0) is 48.9 Å². The summed E-state index contributed by atoms with van der Waals surface area (Å²) in [6, 6.07) is 9.87. The zero-order chi connectivity index (χ0) is 21.3. The van der Waals surface area contributed by atoms with Crippen molar-refractivity contribution in [3.63, 3.8) is 0 Å². The van der Waals surface area contributed by atoms with E-state index >= 15 is 0 Å². The molecule has 1 aromatic rings. The van der Waals surface area contributed by atoms with Crippen molar-refractivity contribution in [3.8, 4) is 0 Å². The average Bonchev–Trinajstić information content (AvgIpc) is 2.69. The summed E-state index contributed by atoms with van der Waals surface area (Å²) in [7, 11) is -1.59. The molecule has 1 aliphatic heterocycles. The maximum atomic E-state index is 12.3. The van der Waals surface area contributed by atoms with E-state index in [2.05, 4.69) is 33.9 Å². The zero-order valence-corrected chi connectivity index (χ0v) is 20.2. The minimum Gasteiger partial charge on any atom is -0.445 e. The quantitative estimate of drug-likeness (QED) is 0.333. The fourth-order valence-electron chi connectivity index (χ4n) is 3.47. The standard InChI is InChI=1S/C24H41NO3Si/c1-24(2,3)29(4,5)28-19-11-7-10-12-21-15-17-25(18-16-21)23(26)27-20-22-13-8-6-9-14-22/h6,8-9,13-14,21H,7,10-12,15-20H2,1-5H3. The number of amides is 1. The number of carbonyl (C=O) groups excluding carboxylic acids is 1. The van der Waals surface area contributed by atoms with Crippen LogP contribution >= 0.6 is 0 Å². The lowest BCUT2D eigenvalue weighted by atomic mass is 9.91. The van der Waals surface area contributed by atoms with Crippen LogP contribution in [0.25, 0.3) is 0 Å². The average molecular weight is 420 g/mol. The normalized spacial score (nSPS) is 16.1. The van der Waals surface area contributed by atoms with Crippen LogP contribution in [0.1, 0.15) is 64.9 Å². The Balaban J connectivity index is 1.54. The molecule has 1 fully saturated rings. The van der Waals surface area contributed by atoms with Crippen LogP contribution in [0.2, 0.25) is 18.1 Å². The maximum Gasteiger partial charge on any atom is 0.410 e. The highest BCUT2D eigenvalue weighted by Crippen LogP contribution is 2.36. The van der Waals surface area contributed by atoms with Gasteiger partial charge in [0.1, 0.15) is 6.61 Å². The molecule has 1 amide bonds. The van der Waals surface area contributed by atoms with Crippen molar-refractivity contribution < 1.29 is 14.0 Å². The number of likely N-dealkylation sites (tertiary alicyclic amines) is 1. The summed E-state index contributed by atoms with van der Waals surface area (Å²) in [4.78, 5) is 14.1. The number of piperidine rings is 1. The van der Waals surface area contributed by atoms with Gasteiger partial charge in [0, 0.05) is 19.7 Å². The summed E-state index contributed by atoms with van der Waals surface area (Å²) >= 11 is 0. The largest absolute Gasteiger partial charge is 0.445 e. The number of nitrogens with zero attached hydrogens (tertiary/aromatic N) is 1. The van der Waals surface area contributed by atoms with Crippen molar-refractivity contribution in [2.24, 2.45) is 5.92 Å². The van der Waals surface area contributed by atoms with Crippen LogP contribution in [0.5, 0.6) is 0 Å². The van der Waals surface area contributed by atoms with E-state index in [0.29, 0.717) is 11.6 Å². The van der Waals surface area contributed by atoms with E-state index < -0.39 is 8.32 Å². The highest BCUT2D eigenvalue weighted by atomic mass is 28.4. The zero-order valence-electron chi connectivity index (χ0n) is 19.2. The molecule has 164 valence electrons. The summed E-state index contributed by atoms with van der Waals surface area (Å²) in [5.74, 6) is 0.745. The van der Waals surface area contributed by atoms with Crippen LogP contribution in [0, 0.1) is 5.92 Å². The van der Waals surface area contributed by atoms with E-state index in [1.807, 2.05) is 35.2 Å². The van der Waals surface area contributed by atoms with Crippen LogP contribution in [0.3, 0.4) is 0 Å². The van der Waals surface area contributed by atoms with Crippen LogP contribution < -0.4 is 0 Å². The Morgan fingerprint density at radius 1 is 1.07 bits per heavy atom. The molecular weight excluding hydrogens is 378 g/mol. The van der Waals surface area contributed by atoms with Gasteiger partial charge in [0.2, 0.25) is 0 Å². The van der Waals surface area contributed by atoms with Gasteiger partial charge in [-0.15, -0.1) is 0 Å². The molecule has 1 saturated heterocycles. The third kappa shape index (κ3) is 8.13. The highest BCUT2D eigenvalue weighted by molar-refractivity contribution is 6.74. The first-order chi connectivity index (χ1) is 13.7. The summed E-state index contributed by atoms with van der Waals surface area (Å²) < 4.78 is 11.7. The van der Waals surface area contributed by atoms with Gasteiger partial charge >= 0.3 is 6.09 Å². The predicted molar refractivity (Wildman–Crippen MR) is 123 cm³/mol. The minimum atomic E-state index is -1.59. The number of ether oxygens (including phenoxy) is 1. The molecule has 0 spiro atoms. The Morgan fingerprint density at radius 2 is 1.72 bits per heavy atom. The molecule has 1 aliphatic rings. The SMILES string of the molecule is CC(C)(C)[Si](C)(C)OCCCCCC1CCN(C(=O)OCc2ccccc2)CC1. The Hall–Kier alpha value is -1.33. The van der Waals surface area contributed by atoms with Crippen LogP contribution in [0.15, 0.2) is 30.3 Å². The van der Waals surface area contributed by atoms with Gasteiger partial charge in [-0.25, -0.2) is 4.79 Å². The number of benzene rings is 1. The van der Waals surface area contributed by atoms with Gasteiger partial charge in [-0.2, -0.15) is 0 Å². The molecule has 0 unspecified atom stereocenters. The predicted octanol–water partition coefficient (Wildman–Crippen LogP) is 6.62. The van der Waals surface area contributed by atoms with Crippen LogP contribution in [-0.2, 0) is 15.8 Å². The Morgan fingerprint density at radius 3 is 2.34 bits per heavy atom. The van der Waals surface area contributed by atoms with E-state index in [4.69, 9.17) is 9.16 Å². The third-order valence-electron chi connectivity index (χ3n) is 6.60. The minimum absolute atomic E-state index is 0.171. The van der Waals surface area contributed by atoms with E-state index in [9.17, 15) is 4.79 Å². The molecule has 1 heterocycles. The number of carbonyl (C=O) groups is 1. The first-order valence-electron chi connectivity index (χ1n) is 11.3.